The first kappa shape index (κ1) is 17.4. The van der Waals surface area contributed by atoms with Crippen molar-refractivity contribution in [3.63, 3.8) is 0 Å². The number of nitrogens with zero attached hydrogens (tertiary/aromatic N) is 5. The molecular weight excluding hydrogens is 406 g/mol. The van der Waals surface area contributed by atoms with Gasteiger partial charge in [0.25, 0.3) is 0 Å². The van der Waals surface area contributed by atoms with Gasteiger partial charge in [-0.1, -0.05) is 45.9 Å². The van der Waals surface area contributed by atoms with Crippen molar-refractivity contribution in [3.8, 4) is 11.4 Å². The summed E-state index contributed by atoms with van der Waals surface area (Å²) >= 11 is 4.71. The molecule has 2 heterocycles. The Morgan fingerprint density at radius 1 is 1.36 bits per heavy atom. The SMILES string of the molecule is C=CCn1c(SCC(=O)Nc2ncn[nH]2)nnc1-c1ccc(Br)cc1. The van der Waals surface area contributed by atoms with Gasteiger partial charge in [0.05, 0.1) is 5.75 Å². The molecule has 1 aromatic carbocycles. The van der Waals surface area contributed by atoms with Gasteiger partial charge in [-0.3, -0.25) is 14.7 Å². The maximum absolute atomic E-state index is 12.0. The van der Waals surface area contributed by atoms with Crippen molar-refractivity contribution in [1.82, 2.24) is 29.9 Å². The highest BCUT2D eigenvalue weighted by atomic mass is 79.9. The number of benzene rings is 1. The maximum Gasteiger partial charge on any atom is 0.237 e. The number of carbonyl (C=O) groups excluding carboxylic acids is 1. The molecule has 25 heavy (non-hydrogen) atoms. The van der Waals surface area contributed by atoms with Gasteiger partial charge in [0, 0.05) is 16.6 Å². The number of halogens is 1. The third-order valence-electron chi connectivity index (χ3n) is 3.14. The highest BCUT2D eigenvalue weighted by Gasteiger charge is 2.15. The minimum Gasteiger partial charge on any atom is -0.298 e. The largest absolute Gasteiger partial charge is 0.298 e. The molecule has 0 fully saturated rings. The van der Waals surface area contributed by atoms with Crippen molar-refractivity contribution in [2.75, 3.05) is 11.1 Å². The average molecular weight is 420 g/mol. The lowest BCUT2D eigenvalue weighted by Gasteiger charge is -2.07. The van der Waals surface area contributed by atoms with Gasteiger partial charge >= 0.3 is 0 Å². The first-order valence-electron chi connectivity index (χ1n) is 7.25. The second kappa shape index (κ2) is 8.08. The second-order valence-corrected chi connectivity index (χ2v) is 6.74. The number of anilines is 1. The lowest BCUT2D eigenvalue weighted by Crippen LogP contribution is -2.15. The summed E-state index contributed by atoms with van der Waals surface area (Å²) in [5.74, 6) is 1.01. The number of H-pyrrole nitrogens is 1. The molecule has 1 amide bonds. The summed E-state index contributed by atoms with van der Waals surface area (Å²) in [5.41, 5.74) is 0.940. The van der Waals surface area contributed by atoms with E-state index in [2.05, 4.69) is 53.2 Å². The molecule has 0 aliphatic carbocycles. The summed E-state index contributed by atoms with van der Waals surface area (Å²) in [6.07, 6.45) is 3.10. The van der Waals surface area contributed by atoms with Crippen LogP contribution in [0.4, 0.5) is 5.95 Å². The van der Waals surface area contributed by atoms with Crippen LogP contribution >= 0.6 is 27.7 Å². The zero-order valence-electron chi connectivity index (χ0n) is 13.0. The van der Waals surface area contributed by atoms with E-state index in [0.29, 0.717) is 17.6 Å². The third-order valence-corrected chi connectivity index (χ3v) is 4.63. The second-order valence-electron chi connectivity index (χ2n) is 4.88. The van der Waals surface area contributed by atoms with Crippen molar-refractivity contribution >= 4 is 39.5 Å². The molecule has 0 bridgehead atoms. The standard InChI is InChI=1S/C15H14BrN7OS/c1-2-7-23-13(10-3-5-11(16)6-4-10)20-22-15(23)25-8-12(24)19-14-17-9-18-21-14/h2-6,9H,1,7-8H2,(H2,17,18,19,21,24). The summed E-state index contributed by atoms with van der Waals surface area (Å²) in [6.45, 7) is 4.33. The van der Waals surface area contributed by atoms with Crippen molar-refractivity contribution in [3.05, 3.63) is 47.7 Å². The van der Waals surface area contributed by atoms with Gasteiger partial charge in [-0.15, -0.1) is 16.8 Å². The highest BCUT2D eigenvalue weighted by Crippen LogP contribution is 2.25. The van der Waals surface area contributed by atoms with E-state index in [4.69, 9.17) is 0 Å². The van der Waals surface area contributed by atoms with E-state index in [1.165, 1.54) is 18.1 Å². The van der Waals surface area contributed by atoms with Crippen LogP contribution in [0.5, 0.6) is 0 Å². The highest BCUT2D eigenvalue weighted by molar-refractivity contribution is 9.10. The normalized spacial score (nSPS) is 10.6. The van der Waals surface area contributed by atoms with Crippen LogP contribution in [-0.4, -0.2) is 41.6 Å². The summed E-state index contributed by atoms with van der Waals surface area (Å²) in [7, 11) is 0. The number of hydrogen-bond donors (Lipinski definition) is 2. The molecule has 2 aromatic heterocycles. The van der Waals surface area contributed by atoms with Gasteiger partial charge in [0.1, 0.15) is 6.33 Å². The fourth-order valence-electron chi connectivity index (χ4n) is 2.07. The Labute approximate surface area is 156 Å². The van der Waals surface area contributed by atoms with Gasteiger partial charge in [-0.2, -0.15) is 10.1 Å². The number of hydrogen-bond acceptors (Lipinski definition) is 6. The number of rotatable bonds is 7. The minimum absolute atomic E-state index is 0.177. The number of aromatic amines is 1. The molecule has 0 spiro atoms. The van der Waals surface area contributed by atoms with Gasteiger partial charge < -0.3 is 0 Å². The Morgan fingerprint density at radius 3 is 2.84 bits per heavy atom. The number of thioether (sulfide) groups is 1. The Balaban J connectivity index is 1.73. The van der Waals surface area contributed by atoms with Crippen molar-refractivity contribution in [1.29, 1.82) is 0 Å². The third kappa shape index (κ3) is 4.34. The minimum atomic E-state index is -0.208. The Morgan fingerprint density at radius 2 is 2.16 bits per heavy atom. The van der Waals surface area contributed by atoms with Crippen molar-refractivity contribution in [2.45, 2.75) is 11.7 Å². The van der Waals surface area contributed by atoms with Gasteiger partial charge in [0.15, 0.2) is 11.0 Å². The van der Waals surface area contributed by atoms with E-state index in [1.54, 1.807) is 6.08 Å². The molecule has 0 atom stereocenters. The summed E-state index contributed by atoms with van der Waals surface area (Å²) < 4.78 is 2.91. The van der Waals surface area contributed by atoms with Crippen LogP contribution in [0.2, 0.25) is 0 Å². The van der Waals surface area contributed by atoms with E-state index < -0.39 is 0 Å². The Kier molecular flexibility index (Phi) is 5.61. The van der Waals surface area contributed by atoms with Crippen LogP contribution in [0, 0.1) is 0 Å². The summed E-state index contributed by atoms with van der Waals surface area (Å²) in [6, 6.07) is 7.80. The molecule has 3 rings (SSSR count). The first-order chi connectivity index (χ1) is 12.2. The molecule has 0 unspecified atom stereocenters. The summed E-state index contributed by atoms with van der Waals surface area (Å²) in [5, 5.41) is 18.0. The lowest BCUT2D eigenvalue weighted by molar-refractivity contribution is -0.113. The monoisotopic (exact) mass is 419 g/mol. The molecule has 128 valence electrons. The zero-order valence-corrected chi connectivity index (χ0v) is 15.4. The molecule has 0 aliphatic heterocycles. The van der Waals surface area contributed by atoms with Crippen LogP contribution in [-0.2, 0) is 11.3 Å². The molecule has 2 N–H and O–H groups in total. The topological polar surface area (TPSA) is 101 Å². The predicted molar refractivity (Wildman–Crippen MR) is 99.1 cm³/mol. The smallest absolute Gasteiger partial charge is 0.237 e. The van der Waals surface area contributed by atoms with Crippen LogP contribution < -0.4 is 5.32 Å². The predicted octanol–water partition coefficient (Wildman–Crippen LogP) is 2.74. The average Bonchev–Trinajstić information content (AvgIpc) is 3.24. The zero-order chi connectivity index (χ0) is 17.6. The van der Waals surface area contributed by atoms with Crippen LogP contribution in [0.15, 0.2) is 52.9 Å². The molecule has 0 radical (unpaired) electrons. The summed E-state index contributed by atoms with van der Waals surface area (Å²) in [4.78, 5) is 15.8. The molecular formula is C15H14BrN7OS. The number of carbonyl (C=O) groups is 1. The number of amides is 1. The Hall–Kier alpha value is -2.46. The fourth-order valence-corrected chi connectivity index (χ4v) is 3.08. The number of allylic oxidation sites excluding steroid dienone is 1. The fraction of sp³-hybridized carbons (Fsp3) is 0.133. The molecule has 8 nitrogen and oxygen atoms in total. The van der Waals surface area contributed by atoms with Crippen LogP contribution in [0.3, 0.4) is 0 Å². The van der Waals surface area contributed by atoms with E-state index in [9.17, 15) is 4.79 Å². The first-order valence-corrected chi connectivity index (χ1v) is 9.03. The lowest BCUT2D eigenvalue weighted by atomic mass is 10.2. The number of aromatic nitrogens is 6. The Bertz CT molecular complexity index is 861. The van der Waals surface area contributed by atoms with E-state index in [1.807, 2.05) is 28.8 Å². The van der Waals surface area contributed by atoms with Crippen LogP contribution in [0.1, 0.15) is 0 Å². The van der Waals surface area contributed by atoms with Crippen molar-refractivity contribution in [2.24, 2.45) is 0 Å². The molecule has 0 aliphatic rings. The van der Waals surface area contributed by atoms with Gasteiger partial charge in [-0.05, 0) is 12.1 Å². The van der Waals surface area contributed by atoms with Gasteiger partial charge in [-0.25, -0.2) is 5.10 Å². The quantitative estimate of drug-likeness (QED) is 0.450. The number of nitrogens with one attached hydrogen (secondary N) is 2. The molecule has 10 heteroatoms. The van der Waals surface area contributed by atoms with Crippen LogP contribution in [0.25, 0.3) is 11.4 Å². The van der Waals surface area contributed by atoms with E-state index in [-0.39, 0.29) is 11.7 Å². The van der Waals surface area contributed by atoms with E-state index >= 15 is 0 Å². The van der Waals surface area contributed by atoms with Gasteiger partial charge in [0.2, 0.25) is 11.9 Å². The maximum atomic E-state index is 12.0. The van der Waals surface area contributed by atoms with E-state index in [0.717, 1.165) is 15.9 Å². The molecule has 3 aromatic rings. The molecule has 0 saturated carbocycles. The molecule has 0 saturated heterocycles. The van der Waals surface area contributed by atoms with Crippen molar-refractivity contribution < 1.29 is 4.79 Å².